The zero-order valence-electron chi connectivity index (χ0n) is 16.9. The predicted molar refractivity (Wildman–Crippen MR) is 115 cm³/mol. The van der Waals surface area contributed by atoms with Crippen molar-refractivity contribution in [3.8, 4) is 11.3 Å². The first-order valence-corrected chi connectivity index (χ1v) is 10.6. The van der Waals surface area contributed by atoms with Crippen LogP contribution in [0.4, 0.5) is 0 Å². The van der Waals surface area contributed by atoms with Gasteiger partial charge in [0.25, 0.3) is 0 Å². The summed E-state index contributed by atoms with van der Waals surface area (Å²) >= 11 is 6.04. The Hall–Kier alpha value is -2.86. The molecule has 30 heavy (non-hydrogen) atoms. The van der Waals surface area contributed by atoms with Crippen LogP contribution in [0, 0.1) is 5.92 Å². The quantitative estimate of drug-likeness (QED) is 0.579. The van der Waals surface area contributed by atoms with Crippen molar-refractivity contribution in [2.24, 2.45) is 5.92 Å². The van der Waals surface area contributed by atoms with Crippen LogP contribution < -0.4 is 0 Å². The van der Waals surface area contributed by atoms with Gasteiger partial charge in [0.1, 0.15) is 5.65 Å². The van der Waals surface area contributed by atoms with Crippen LogP contribution in [0.3, 0.4) is 0 Å². The lowest BCUT2D eigenvalue weighted by molar-refractivity contribution is -0.151. The van der Waals surface area contributed by atoms with Crippen molar-refractivity contribution in [3.63, 3.8) is 0 Å². The lowest BCUT2D eigenvalue weighted by atomic mass is 9.96. The van der Waals surface area contributed by atoms with Gasteiger partial charge in [0.05, 0.1) is 30.3 Å². The summed E-state index contributed by atoms with van der Waals surface area (Å²) in [5, 5.41) is 0.657. The molecule has 2 aromatic heterocycles. The van der Waals surface area contributed by atoms with Crippen molar-refractivity contribution >= 4 is 29.1 Å². The van der Waals surface area contributed by atoms with Crippen molar-refractivity contribution in [2.45, 2.75) is 26.2 Å². The summed E-state index contributed by atoms with van der Waals surface area (Å²) in [5.74, 6) is -0.232. The Kier molecular flexibility index (Phi) is 6.04. The highest BCUT2D eigenvalue weighted by Crippen LogP contribution is 2.27. The van der Waals surface area contributed by atoms with Gasteiger partial charge in [-0.25, -0.2) is 4.98 Å². The standard InChI is InChI=1S/C23H24ClN3O3/c1-2-30-23(29)17-10-13-26(14-11-17)21(28)15-19-22(16-6-8-18(24)9-7-16)25-20-5-3-4-12-27(19)20/h3-9,12,17H,2,10-11,13-15H2,1H3. The molecule has 1 aromatic carbocycles. The molecule has 0 saturated carbocycles. The fourth-order valence-electron chi connectivity index (χ4n) is 3.93. The maximum Gasteiger partial charge on any atom is 0.309 e. The van der Waals surface area contributed by atoms with E-state index in [9.17, 15) is 9.59 Å². The number of piperidine rings is 1. The van der Waals surface area contributed by atoms with Gasteiger partial charge in [-0.05, 0) is 44.0 Å². The summed E-state index contributed by atoms with van der Waals surface area (Å²) in [6.07, 6.45) is 3.45. The third kappa shape index (κ3) is 4.19. The number of pyridine rings is 1. The lowest BCUT2D eigenvalue weighted by Crippen LogP contribution is -2.41. The Morgan fingerprint density at radius 1 is 1.13 bits per heavy atom. The number of ether oxygens (including phenoxy) is 1. The molecule has 1 aliphatic rings. The molecular weight excluding hydrogens is 402 g/mol. The molecule has 0 aliphatic carbocycles. The molecule has 3 aromatic rings. The molecule has 1 amide bonds. The number of nitrogens with zero attached hydrogens (tertiary/aromatic N) is 3. The predicted octanol–water partition coefficient (Wildman–Crippen LogP) is 4.00. The molecule has 0 unspecified atom stereocenters. The van der Waals surface area contributed by atoms with E-state index in [2.05, 4.69) is 0 Å². The number of likely N-dealkylation sites (tertiary alicyclic amines) is 1. The summed E-state index contributed by atoms with van der Waals surface area (Å²) in [7, 11) is 0. The molecule has 0 bridgehead atoms. The smallest absolute Gasteiger partial charge is 0.309 e. The summed E-state index contributed by atoms with van der Waals surface area (Å²) in [6.45, 7) is 3.33. The minimum Gasteiger partial charge on any atom is -0.466 e. The first-order chi connectivity index (χ1) is 14.6. The van der Waals surface area contributed by atoms with E-state index < -0.39 is 0 Å². The largest absolute Gasteiger partial charge is 0.466 e. The summed E-state index contributed by atoms with van der Waals surface area (Å²) in [4.78, 5) is 31.6. The maximum atomic E-state index is 13.1. The van der Waals surface area contributed by atoms with Gasteiger partial charge in [-0.3, -0.25) is 9.59 Å². The molecule has 0 radical (unpaired) electrons. The van der Waals surface area contributed by atoms with Crippen molar-refractivity contribution < 1.29 is 14.3 Å². The third-order valence-corrected chi connectivity index (χ3v) is 5.78. The summed E-state index contributed by atoms with van der Waals surface area (Å²) < 4.78 is 7.09. The number of amides is 1. The average molecular weight is 426 g/mol. The number of esters is 1. The molecule has 6 nitrogen and oxygen atoms in total. The zero-order valence-corrected chi connectivity index (χ0v) is 17.6. The number of hydrogen-bond acceptors (Lipinski definition) is 4. The molecule has 3 heterocycles. The number of imidazole rings is 1. The second-order valence-corrected chi connectivity index (χ2v) is 7.86. The van der Waals surface area contributed by atoms with Crippen LogP contribution >= 0.6 is 11.6 Å². The van der Waals surface area contributed by atoms with Gasteiger partial charge in [0, 0.05) is 29.9 Å². The van der Waals surface area contributed by atoms with E-state index >= 15 is 0 Å². The molecule has 1 aliphatic heterocycles. The minimum absolute atomic E-state index is 0.0400. The van der Waals surface area contributed by atoms with Gasteiger partial charge in [-0.1, -0.05) is 29.8 Å². The third-order valence-electron chi connectivity index (χ3n) is 5.53. The van der Waals surface area contributed by atoms with Gasteiger partial charge < -0.3 is 14.0 Å². The Labute approximate surface area is 180 Å². The second kappa shape index (κ2) is 8.88. The van der Waals surface area contributed by atoms with Gasteiger partial charge >= 0.3 is 5.97 Å². The minimum atomic E-state index is -0.156. The van der Waals surface area contributed by atoms with E-state index in [0.29, 0.717) is 37.6 Å². The number of hydrogen-bond donors (Lipinski definition) is 0. The Bertz CT molecular complexity index is 1050. The number of fused-ring (bicyclic) bond motifs is 1. The molecule has 0 N–H and O–H groups in total. The number of carbonyl (C=O) groups is 2. The molecule has 7 heteroatoms. The topological polar surface area (TPSA) is 63.9 Å². The highest BCUT2D eigenvalue weighted by atomic mass is 35.5. The Morgan fingerprint density at radius 3 is 2.57 bits per heavy atom. The fourth-order valence-corrected chi connectivity index (χ4v) is 4.06. The van der Waals surface area contributed by atoms with Gasteiger partial charge in [-0.15, -0.1) is 0 Å². The fraction of sp³-hybridized carbons (Fsp3) is 0.348. The average Bonchev–Trinajstić information content (AvgIpc) is 3.13. The molecular formula is C23H24ClN3O3. The number of benzene rings is 1. The van der Waals surface area contributed by atoms with Crippen LogP contribution in [-0.4, -0.2) is 45.9 Å². The number of rotatable bonds is 5. The van der Waals surface area contributed by atoms with Crippen LogP contribution in [0.2, 0.25) is 5.02 Å². The van der Waals surface area contributed by atoms with E-state index in [-0.39, 0.29) is 24.2 Å². The van der Waals surface area contributed by atoms with Crippen LogP contribution in [0.1, 0.15) is 25.5 Å². The summed E-state index contributed by atoms with van der Waals surface area (Å²) in [6, 6.07) is 13.3. The van der Waals surface area contributed by atoms with Crippen LogP contribution in [-0.2, 0) is 20.7 Å². The number of halogens is 1. The molecule has 1 saturated heterocycles. The van der Waals surface area contributed by atoms with E-state index in [1.54, 1.807) is 0 Å². The lowest BCUT2D eigenvalue weighted by Gasteiger charge is -2.31. The van der Waals surface area contributed by atoms with E-state index in [0.717, 1.165) is 22.6 Å². The highest BCUT2D eigenvalue weighted by molar-refractivity contribution is 6.30. The van der Waals surface area contributed by atoms with Crippen molar-refractivity contribution in [2.75, 3.05) is 19.7 Å². The van der Waals surface area contributed by atoms with E-state index in [1.165, 1.54) is 0 Å². The van der Waals surface area contributed by atoms with Crippen molar-refractivity contribution in [1.29, 1.82) is 0 Å². The molecule has 1 fully saturated rings. The first kappa shape index (κ1) is 20.4. The first-order valence-electron chi connectivity index (χ1n) is 10.2. The van der Waals surface area contributed by atoms with Crippen LogP contribution in [0.15, 0.2) is 48.7 Å². The monoisotopic (exact) mass is 425 g/mol. The molecule has 0 spiro atoms. The second-order valence-electron chi connectivity index (χ2n) is 7.43. The summed E-state index contributed by atoms with van der Waals surface area (Å²) in [5.41, 5.74) is 3.36. The molecule has 4 rings (SSSR count). The molecule has 156 valence electrons. The van der Waals surface area contributed by atoms with Crippen LogP contribution in [0.25, 0.3) is 16.9 Å². The van der Waals surface area contributed by atoms with Gasteiger partial charge in [0.15, 0.2) is 0 Å². The SMILES string of the molecule is CCOC(=O)C1CCN(C(=O)Cc2c(-c3ccc(Cl)cc3)nc3ccccn23)CC1. The van der Waals surface area contributed by atoms with Gasteiger partial charge in [0.2, 0.25) is 5.91 Å². The Morgan fingerprint density at radius 2 is 1.87 bits per heavy atom. The highest BCUT2D eigenvalue weighted by Gasteiger charge is 2.29. The van der Waals surface area contributed by atoms with Crippen molar-refractivity contribution in [3.05, 3.63) is 59.4 Å². The van der Waals surface area contributed by atoms with E-state index in [4.69, 9.17) is 21.3 Å². The van der Waals surface area contributed by atoms with E-state index in [1.807, 2.05) is 64.9 Å². The normalized spacial score (nSPS) is 14.8. The van der Waals surface area contributed by atoms with Crippen LogP contribution in [0.5, 0.6) is 0 Å². The number of aromatic nitrogens is 2. The zero-order chi connectivity index (χ0) is 21.1. The number of carbonyl (C=O) groups excluding carboxylic acids is 2. The Balaban J connectivity index is 1.55. The van der Waals surface area contributed by atoms with Crippen molar-refractivity contribution in [1.82, 2.24) is 14.3 Å². The molecule has 0 atom stereocenters. The maximum absolute atomic E-state index is 13.1. The van der Waals surface area contributed by atoms with Gasteiger partial charge in [-0.2, -0.15) is 0 Å².